The van der Waals surface area contributed by atoms with E-state index in [1.807, 2.05) is 30.3 Å². The van der Waals surface area contributed by atoms with Crippen LogP contribution in [0.5, 0.6) is 0 Å². The fourth-order valence-corrected chi connectivity index (χ4v) is 0.578. The second-order valence-electron chi connectivity index (χ2n) is 1.58. The zero-order valence-electron chi connectivity index (χ0n) is 4.87. The van der Waals surface area contributed by atoms with Crippen LogP contribution >= 0.6 is 0 Å². The molecule has 0 aromatic rings. The molecule has 0 saturated carbocycles. The Morgan fingerprint density at radius 3 is 3.12 bits per heavy atom. The number of rotatable bonds is 1. The van der Waals surface area contributed by atoms with Crippen LogP contribution in [0.2, 0.25) is 0 Å². The third kappa shape index (κ3) is 1.03. The standard InChI is InChI=1S/C6H9NO/c1-2-3-7-4-5-8-6-7/h2-5H,6H2,1H3. The van der Waals surface area contributed by atoms with Gasteiger partial charge in [-0.05, 0) is 6.92 Å². The predicted octanol–water partition coefficient (Wildman–Crippen LogP) is 1.28. The molecule has 0 atom stereocenters. The quantitative estimate of drug-likeness (QED) is 0.505. The van der Waals surface area contributed by atoms with Crippen molar-refractivity contribution in [2.45, 2.75) is 6.92 Å². The van der Waals surface area contributed by atoms with E-state index in [1.54, 1.807) is 6.26 Å². The van der Waals surface area contributed by atoms with Crippen LogP contribution in [0.1, 0.15) is 6.92 Å². The lowest BCUT2D eigenvalue weighted by molar-refractivity contribution is 0.204. The molecule has 0 aliphatic carbocycles. The molecule has 8 heavy (non-hydrogen) atoms. The number of hydrogen-bond acceptors (Lipinski definition) is 2. The maximum absolute atomic E-state index is 4.90. The largest absolute Gasteiger partial charge is 0.479 e. The van der Waals surface area contributed by atoms with Gasteiger partial charge in [0, 0.05) is 12.4 Å². The van der Waals surface area contributed by atoms with Gasteiger partial charge < -0.3 is 9.64 Å². The van der Waals surface area contributed by atoms with Crippen LogP contribution in [0.4, 0.5) is 0 Å². The minimum absolute atomic E-state index is 0.657. The first kappa shape index (κ1) is 5.22. The number of allylic oxidation sites excluding steroid dienone is 1. The molecular weight excluding hydrogens is 102 g/mol. The van der Waals surface area contributed by atoms with Crippen molar-refractivity contribution in [3.8, 4) is 0 Å². The summed E-state index contributed by atoms with van der Waals surface area (Å²) < 4.78 is 4.90. The van der Waals surface area contributed by atoms with Crippen LogP contribution in [0.25, 0.3) is 0 Å². The van der Waals surface area contributed by atoms with Gasteiger partial charge in [0.25, 0.3) is 0 Å². The van der Waals surface area contributed by atoms with E-state index in [0.29, 0.717) is 6.73 Å². The molecule has 0 amide bonds. The summed E-state index contributed by atoms with van der Waals surface area (Å²) in [7, 11) is 0. The average Bonchev–Trinajstić information content (AvgIpc) is 2.19. The number of ether oxygens (including phenoxy) is 1. The minimum Gasteiger partial charge on any atom is -0.479 e. The summed E-state index contributed by atoms with van der Waals surface area (Å²) >= 11 is 0. The molecule has 1 heterocycles. The van der Waals surface area contributed by atoms with Gasteiger partial charge in [0.05, 0.1) is 0 Å². The Morgan fingerprint density at radius 2 is 2.62 bits per heavy atom. The van der Waals surface area contributed by atoms with Crippen LogP contribution in [-0.4, -0.2) is 11.6 Å². The molecule has 44 valence electrons. The fraction of sp³-hybridized carbons (Fsp3) is 0.333. The molecule has 0 fully saturated rings. The van der Waals surface area contributed by atoms with E-state index in [0.717, 1.165) is 0 Å². The summed E-state index contributed by atoms with van der Waals surface area (Å²) in [6, 6.07) is 0. The summed E-state index contributed by atoms with van der Waals surface area (Å²) in [6.07, 6.45) is 7.50. The number of hydrogen-bond donors (Lipinski definition) is 0. The Bertz CT molecular complexity index is 118. The highest BCUT2D eigenvalue weighted by atomic mass is 16.5. The lowest BCUT2D eigenvalue weighted by atomic mass is 10.6. The average molecular weight is 111 g/mol. The van der Waals surface area contributed by atoms with Gasteiger partial charge >= 0.3 is 0 Å². The molecule has 0 spiro atoms. The van der Waals surface area contributed by atoms with E-state index in [9.17, 15) is 0 Å². The molecule has 0 saturated heterocycles. The van der Waals surface area contributed by atoms with Crippen molar-refractivity contribution < 1.29 is 4.74 Å². The molecule has 0 unspecified atom stereocenters. The van der Waals surface area contributed by atoms with E-state index < -0.39 is 0 Å². The highest BCUT2D eigenvalue weighted by molar-refractivity contribution is 4.89. The van der Waals surface area contributed by atoms with E-state index in [1.165, 1.54) is 0 Å². The fourth-order valence-electron chi connectivity index (χ4n) is 0.578. The summed E-state index contributed by atoms with van der Waals surface area (Å²) in [6.45, 7) is 2.64. The molecule has 2 nitrogen and oxygen atoms in total. The molecule has 1 aliphatic rings. The lowest BCUT2D eigenvalue weighted by Gasteiger charge is -2.04. The highest BCUT2D eigenvalue weighted by Crippen LogP contribution is 1.99. The second kappa shape index (κ2) is 2.40. The molecule has 1 aliphatic heterocycles. The maximum Gasteiger partial charge on any atom is 0.164 e. The first-order valence-electron chi connectivity index (χ1n) is 2.60. The van der Waals surface area contributed by atoms with Crippen molar-refractivity contribution in [1.82, 2.24) is 4.90 Å². The molecule has 0 aromatic carbocycles. The summed E-state index contributed by atoms with van der Waals surface area (Å²) in [5.74, 6) is 0. The molecular formula is C6H9NO. The van der Waals surface area contributed by atoms with Crippen LogP contribution in [0, 0.1) is 0 Å². The van der Waals surface area contributed by atoms with Gasteiger partial charge in [0.2, 0.25) is 0 Å². The van der Waals surface area contributed by atoms with E-state index in [2.05, 4.69) is 0 Å². The van der Waals surface area contributed by atoms with Gasteiger partial charge in [-0.1, -0.05) is 6.08 Å². The van der Waals surface area contributed by atoms with Crippen molar-refractivity contribution in [2.24, 2.45) is 0 Å². The molecule has 0 aromatic heterocycles. The number of nitrogens with zero attached hydrogens (tertiary/aromatic N) is 1. The van der Waals surface area contributed by atoms with Gasteiger partial charge in [0.15, 0.2) is 6.73 Å². The normalized spacial score (nSPS) is 17.9. The summed E-state index contributed by atoms with van der Waals surface area (Å²) in [5, 5.41) is 0. The molecule has 2 heteroatoms. The molecule has 0 N–H and O–H groups in total. The Morgan fingerprint density at radius 1 is 1.75 bits per heavy atom. The monoisotopic (exact) mass is 111 g/mol. The second-order valence-corrected chi connectivity index (χ2v) is 1.58. The molecule has 0 bridgehead atoms. The van der Waals surface area contributed by atoms with Crippen molar-refractivity contribution >= 4 is 0 Å². The Hall–Kier alpha value is -0.920. The molecule has 1 rings (SSSR count). The van der Waals surface area contributed by atoms with Crippen LogP contribution in [-0.2, 0) is 4.74 Å². The van der Waals surface area contributed by atoms with Crippen LogP contribution in [0.3, 0.4) is 0 Å². The zero-order chi connectivity index (χ0) is 5.82. The van der Waals surface area contributed by atoms with Crippen molar-refractivity contribution in [3.63, 3.8) is 0 Å². The minimum atomic E-state index is 0.657. The lowest BCUT2D eigenvalue weighted by Crippen LogP contribution is -2.05. The third-order valence-electron chi connectivity index (χ3n) is 0.913. The summed E-state index contributed by atoms with van der Waals surface area (Å²) in [5.41, 5.74) is 0. The van der Waals surface area contributed by atoms with Gasteiger partial charge in [-0.3, -0.25) is 0 Å². The van der Waals surface area contributed by atoms with Gasteiger partial charge in [-0.2, -0.15) is 0 Å². The first-order chi connectivity index (χ1) is 3.93. The predicted molar refractivity (Wildman–Crippen MR) is 31.7 cm³/mol. The van der Waals surface area contributed by atoms with Gasteiger partial charge in [0.1, 0.15) is 6.26 Å². The highest BCUT2D eigenvalue weighted by Gasteiger charge is 1.96. The van der Waals surface area contributed by atoms with Crippen molar-refractivity contribution in [3.05, 3.63) is 24.7 Å². The van der Waals surface area contributed by atoms with E-state index in [4.69, 9.17) is 4.74 Å². The topological polar surface area (TPSA) is 12.5 Å². The Balaban J connectivity index is 2.36. The SMILES string of the molecule is CC=CN1C=COC1. The van der Waals surface area contributed by atoms with Gasteiger partial charge in [-0.25, -0.2) is 0 Å². The zero-order valence-corrected chi connectivity index (χ0v) is 4.87. The maximum atomic E-state index is 4.90. The third-order valence-corrected chi connectivity index (χ3v) is 0.913. The van der Waals surface area contributed by atoms with Crippen molar-refractivity contribution in [2.75, 3.05) is 6.73 Å². The van der Waals surface area contributed by atoms with Gasteiger partial charge in [-0.15, -0.1) is 0 Å². The Labute approximate surface area is 49.1 Å². The van der Waals surface area contributed by atoms with Crippen molar-refractivity contribution in [1.29, 1.82) is 0 Å². The Kier molecular flexibility index (Phi) is 1.57. The summed E-state index contributed by atoms with van der Waals surface area (Å²) in [4.78, 5) is 1.96. The smallest absolute Gasteiger partial charge is 0.164 e. The van der Waals surface area contributed by atoms with Crippen LogP contribution in [0.15, 0.2) is 24.7 Å². The first-order valence-corrected chi connectivity index (χ1v) is 2.60. The molecule has 0 radical (unpaired) electrons. The van der Waals surface area contributed by atoms with Crippen LogP contribution < -0.4 is 0 Å². The van der Waals surface area contributed by atoms with E-state index >= 15 is 0 Å². The van der Waals surface area contributed by atoms with E-state index in [-0.39, 0.29) is 0 Å².